The second-order valence-corrected chi connectivity index (χ2v) is 11.0. The molecule has 2 aromatic rings. The minimum absolute atomic E-state index is 0.0963. The Balaban J connectivity index is 1.68. The molecular formula is C20H21BrN2O4S2. The van der Waals surface area contributed by atoms with E-state index in [2.05, 4.69) is 26.6 Å². The summed E-state index contributed by atoms with van der Waals surface area (Å²) in [4.78, 5) is 25.2. The van der Waals surface area contributed by atoms with Gasteiger partial charge in [0.2, 0.25) is 11.8 Å². The Kier molecular flexibility index (Phi) is 6.70. The SMILES string of the molecule is Cc1cc(NC(=O)CCS(=O)(=O)c2ccc3c(c2)NC(=O)C(C)CS3)ccc1Br. The molecule has 154 valence electrons. The van der Waals surface area contributed by atoms with Crippen molar-refractivity contribution in [1.82, 2.24) is 0 Å². The molecular weight excluding hydrogens is 476 g/mol. The molecule has 1 heterocycles. The Morgan fingerprint density at radius 1 is 1.28 bits per heavy atom. The van der Waals surface area contributed by atoms with Gasteiger partial charge in [-0.1, -0.05) is 22.9 Å². The zero-order valence-electron chi connectivity index (χ0n) is 16.0. The number of carbonyl (C=O) groups is 2. The lowest BCUT2D eigenvalue weighted by atomic mass is 10.2. The Morgan fingerprint density at radius 2 is 2.03 bits per heavy atom. The number of carbonyl (C=O) groups excluding carboxylic acids is 2. The van der Waals surface area contributed by atoms with Crippen LogP contribution < -0.4 is 10.6 Å². The normalized spacial score (nSPS) is 16.5. The number of amides is 2. The molecule has 29 heavy (non-hydrogen) atoms. The molecule has 0 fully saturated rings. The van der Waals surface area contributed by atoms with Crippen molar-refractivity contribution in [2.24, 2.45) is 5.92 Å². The molecule has 0 aliphatic carbocycles. The third-order valence-electron chi connectivity index (χ3n) is 4.54. The van der Waals surface area contributed by atoms with Crippen molar-refractivity contribution in [2.75, 3.05) is 22.1 Å². The lowest BCUT2D eigenvalue weighted by Crippen LogP contribution is -2.20. The number of hydrogen-bond acceptors (Lipinski definition) is 5. The van der Waals surface area contributed by atoms with Crippen LogP contribution in [0.4, 0.5) is 11.4 Å². The predicted molar refractivity (Wildman–Crippen MR) is 119 cm³/mol. The van der Waals surface area contributed by atoms with E-state index in [9.17, 15) is 18.0 Å². The van der Waals surface area contributed by atoms with Gasteiger partial charge in [0.25, 0.3) is 0 Å². The van der Waals surface area contributed by atoms with Crippen molar-refractivity contribution < 1.29 is 18.0 Å². The molecule has 3 rings (SSSR count). The van der Waals surface area contributed by atoms with E-state index < -0.39 is 9.84 Å². The summed E-state index contributed by atoms with van der Waals surface area (Å²) in [6, 6.07) is 10.1. The minimum Gasteiger partial charge on any atom is -0.326 e. The van der Waals surface area contributed by atoms with Gasteiger partial charge in [-0.25, -0.2) is 8.42 Å². The molecule has 0 saturated carbocycles. The average molecular weight is 497 g/mol. The minimum atomic E-state index is -3.67. The second-order valence-electron chi connectivity index (χ2n) is 6.94. The first-order valence-electron chi connectivity index (χ1n) is 9.02. The number of hydrogen-bond donors (Lipinski definition) is 2. The number of sulfone groups is 1. The summed E-state index contributed by atoms with van der Waals surface area (Å²) in [5.41, 5.74) is 2.09. The van der Waals surface area contributed by atoms with E-state index in [4.69, 9.17) is 0 Å². The predicted octanol–water partition coefficient (Wildman–Crippen LogP) is 4.24. The third kappa shape index (κ3) is 5.40. The monoisotopic (exact) mass is 496 g/mol. The summed E-state index contributed by atoms with van der Waals surface area (Å²) in [6.07, 6.45) is -0.160. The van der Waals surface area contributed by atoms with Crippen LogP contribution in [0, 0.1) is 12.8 Å². The van der Waals surface area contributed by atoms with E-state index in [0.717, 1.165) is 14.9 Å². The fourth-order valence-electron chi connectivity index (χ4n) is 2.76. The van der Waals surface area contributed by atoms with Gasteiger partial charge < -0.3 is 10.6 Å². The molecule has 0 radical (unpaired) electrons. The van der Waals surface area contributed by atoms with Gasteiger partial charge in [0, 0.05) is 33.1 Å². The lowest BCUT2D eigenvalue weighted by molar-refractivity contribution is -0.118. The van der Waals surface area contributed by atoms with Gasteiger partial charge in [-0.05, 0) is 48.9 Å². The molecule has 0 aromatic heterocycles. The van der Waals surface area contributed by atoms with Crippen molar-refractivity contribution >= 4 is 60.7 Å². The summed E-state index contributed by atoms with van der Waals surface area (Å²) in [7, 11) is -3.67. The number of anilines is 2. The summed E-state index contributed by atoms with van der Waals surface area (Å²) < 4.78 is 26.3. The van der Waals surface area contributed by atoms with Crippen LogP contribution in [0.15, 0.2) is 50.7 Å². The van der Waals surface area contributed by atoms with E-state index >= 15 is 0 Å². The van der Waals surface area contributed by atoms with Crippen LogP contribution in [0.2, 0.25) is 0 Å². The summed E-state index contributed by atoms with van der Waals surface area (Å²) >= 11 is 4.91. The molecule has 1 aliphatic heterocycles. The van der Waals surface area contributed by atoms with Crippen molar-refractivity contribution in [3.63, 3.8) is 0 Å². The van der Waals surface area contributed by atoms with Crippen LogP contribution in [0.3, 0.4) is 0 Å². The maximum absolute atomic E-state index is 12.7. The zero-order valence-corrected chi connectivity index (χ0v) is 19.2. The molecule has 1 aliphatic rings. The molecule has 0 spiro atoms. The molecule has 2 N–H and O–H groups in total. The lowest BCUT2D eigenvalue weighted by Gasteiger charge is -2.11. The van der Waals surface area contributed by atoms with Crippen LogP contribution in [-0.4, -0.2) is 31.7 Å². The number of aryl methyl sites for hydroxylation is 1. The Morgan fingerprint density at radius 3 is 2.76 bits per heavy atom. The number of thioether (sulfide) groups is 1. The highest BCUT2D eigenvalue weighted by molar-refractivity contribution is 9.10. The topological polar surface area (TPSA) is 92.3 Å². The van der Waals surface area contributed by atoms with Crippen LogP contribution in [0.1, 0.15) is 18.9 Å². The molecule has 2 amide bonds. The first-order chi connectivity index (χ1) is 13.7. The summed E-state index contributed by atoms with van der Waals surface area (Å²) in [5.74, 6) is -0.332. The maximum Gasteiger partial charge on any atom is 0.228 e. The van der Waals surface area contributed by atoms with Gasteiger partial charge in [0.1, 0.15) is 0 Å². The first kappa shape index (κ1) is 21.9. The van der Waals surface area contributed by atoms with Crippen molar-refractivity contribution in [3.8, 4) is 0 Å². The van der Waals surface area contributed by atoms with Crippen molar-refractivity contribution in [3.05, 3.63) is 46.4 Å². The van der Waals surface area contributed by atoms with Gasteiger partial charge in [-0.3, -0.25) is 9.59 Å². The second kappa shape index (κ2) is 8.89. The van der Waals surface area contributed by atoms with E-state index in [1.165, 1.54) is 23.9 Å². The molecule has 0 saturated heterocycles. The molecule has 1 atom stereocenters. The Bertz CT molecular complexity index is 1070. The number of benzene rings is 2. The fourth-order valence-corrected chi connectivity index (χ4v) is 5.28. The summed E-state index contributed by atoms with van der Waals surface area (Å²) in [6.45, 7) is 3.73. The smallest absolute Gasteiger partial charge is 0.228 e. The van der Waals surface area contributed by atoms with E-state index in [1.54, 1.807) is 12.1 Å². The van der Waals surface area contributed by atoms with Gasteiger partial charge in [0.05, 0.1) is 16.3 Å². The Labute approximate surface area is 182 Å². The van der Waals surface area contributed by atoms with Crippen LogP contribution >= 0.6 is 27.7 Å². The Hall–Kier alpha value is -1.84. The number of rotatable bonds is 5. The molecule has 0 bridgehead atoms. The van der Waals surface area contributed by atoms with Gasteiger partial charge in [-0.2, -0.15) is 0 Å². The van der Waals surface area contributed by atoms with E-state index in [1.807, 2.05) is 26.0 Å². The van der Waals surface area contributed by atoms with E-state index in [0.29, 0.717) is 17.1 Å². The molecule has 6 nitrogen and oxygen atoms in total. The largest absolute Gasteiger partial charge is 0.326 e. The van der Waals surface area contributed by atoms with Crippen LogP contribution in [0.25, 0.3) is 0 Å². The average Bonchev–Trinajstić information content (AvgIpc) is 2.81. The number of halogens is 1. The summed E-state index contributed by atoms with van der Waals surface area (Å²) in [5, 5.41) is 5.50. The zero-order chi connectivity index (χ0) is 21.2. The molecule has 9 heteroatoms. The van der Waals surface area contributed by atoms with Crippen LogP contribution in [-0.2, 0) is 19.4 Å². The fraction of sp³-hybridized carbons (Fsp3) is 0.300. The van der Waals surface area contributed by atoms with Gasteiger partial charge in [0.15, 0.2) is 9.84 Å². The van der Waals surface area contributed by atoms with Crippen LogP contribution in [0.5, 0.6) is 0 Å². The highest BCUT2D eigenvalue weighted by atomic mass is 79.9. The van der Waals surface area contributed by atoms with Gasteiger partial charge >= 0.3 is 0 Å². The van der Waals surface area contributed by atoms with Crippen molar-refractivity contribution in [2.45, 2.75) is 30.1 Å². The van der Waals surface area contributed by atoms with Gasteiger partial charge in [-0.15, -0.1) is 11.8 Å². The highest BCUT2D eigenvalue weighted by Gasteiger charge is 2.23. The third-order valence-corrected chi connectivity index (χ3v) is 8.48. The molecule has 1 unspecified atom stereocenters. The standard InChI is InChI=1S/C20H21BrN2O4S2/c1-12-9-14(3-5-16(12)21)22-19(24)7-8-29(26,27)15-4-6-18-17(10-15)23-20(25)13(2)11-28-18/h3-6,9-10,13H,7-8,11H2,1-2H3,(H,22,24)(H,23,25). The van der Waals surface area contributed by atoms with Crippen molar-refractivity contribution in [1.29, 1.82) is 0 Å². The maximum atomic E-state index is 12.7. The quantitative estimate of drug-likeness (QED) is 0.645. The van der Waals surface area contributed by atoms with E-state index in [-0.39, 0.29) is 34.8 Å². The molecule has 2 aromatic carbocycles. The highest BCUT2D eigenvalue weighted by Crippen LogP contribution is 2.34. The first-order valence-corrected chi connectivity index (χ1v) is 12.5. The number of nitrogens with one attached hydrogen (secondary N) is 2. The number of fused-ring (bicyclic) bond motifs is 1.